The smallest absolute Gasteiger partial charge is 0.300 e. The Morgan fingerprint density at radius 3 is 1.83 bits per heavy atom. The van der Waals surface area contributed by atoms with Crippen molar-refractivity contribution in [2.75, 3.05) is 12.0 Å². The Balaban J connectivity index is 1.96. The van der Waals surface area contributed by atoms with Crippen molar-refractivity contribution >= 4 is 23.1 Å². The third kappa shape index (κ3) is 5.68. The van der Waals surface area contributed by atoms with E-state index in [0.29, 0.717) is 11.3 Å². The molecule has 5 nitrogen and oxygen atoms in total. The highest BCUT2D eigenvalue weighted by Crippen LogP contribution is 2.44. The van der Waals surface area contributed by atoms with Gasteiger partial charge in [-0.3, -0.25) is 14.5 Å². The van der Waals surface area contributed by atoms with Crippen LogP contribution in [-0.2, 0) is 20.4 Å². The largest absolute Gasteiger partial charge is 0.507 e. The van der Waals surface area contributed by atoms with Gasteiger partial charge in [-0.15, -0.1) is 0 Å². The minimum atomic E-state index is -0.784. The second-order valence-corrected chi connectivity index (χ2v) is 13.4. The summed E-state index contributed by atoms with van der Waals surface area (Å²) < 4.78 is 5.60. The molecule has 1 aliphatic rings. The lowest BCUT2D eigenvalue weighted by atomic mass is 9.85. The zero-order valence-electron chi connectivity index (χ0n) is 26.0. The Morgan fingerprint density at radius 1 is 0.854 bits per heavy atom. The van der Waals surface area contributed by atoms with E-state index in [2.05, 4.69) is 41.5 Å². The lowest BCUT2D eigenvalue weighted by Crippen LogP contribution is -2.29. The number of aryl methyl sites for hydroxylation is 1. The summed E-state index contributed by atoms with van der Waals surface area (Å²) in [6, 6.07) is 18.7. The molecule has 1 amide bonds. The van der Waals surface area contributed by atoms with Crippen molar-refractivity contribution in [1.29, 1.82) is 0 Å². The predicted molar refractivity (Wildman–Crippen MR) is 167 cm³/mol. The summed E-state index contributed by atoms with van der Waals surface area (Å²) in [5.41, 5.74) is 5.79. The van der Waals surface area contributed by atoms with E-state index in [9.17, 15) is 14.7 Å². The van der Waals surface area contributed by atoms with Gasteiger partial charge in [-0.05, 0) is 75.8 Å². The second-order valence-electron chi connectivity index (χ2n) is 13.4. The van der Waals surface area contributed by atoms with Crippen molar-refractivity contribution in [3.63, 3.8) is 0 Å². The van der Waals surface area contributed by atoms with E-state index in [1.54, 1.807) is 7.11 Å². The van der Waals surface area contributed by atoms with Crippen LogP contribution in [-0.4, -0.2) is 23.9 Å². The van der Waals surface area contributed by atoms with Gasteiger partial charge in [0, 0.05) is 11.3 Å². The number of carbonyl (C=O) groups excluding carboxylic acids is 2. The van der Waals surface area contributed by atoms with Gasteiger partial charge in [-0.25, -0.2) is 0 Å². The molecule has 1 unspecified atom stereocenters. The second kappa shape index (κ2) is 10.8. The molecule has 3 aromatic rings. The van der Waals surface area contributed by atoms with E-state index in [1.807, 2.05) is 81.4 Å². The Labute approximate surface area is 244 Å². The van der Waals surface area contributed by atoms with Crippen molar-refractivity contribution in [2.45, 2.75) is 85.1 Å². The maximum absolute atomic E-state index is 13.8. The van der Waals surface area contributed by atoms with E-state index < -0.39 is 17.7 Å². The van der Waals surface area contributed by atoms with Crippen molar-refractivity contribution in [3.8, 4) is 5.75 Å². The predicted octanol–water partition coefficient (Wildman–Crippen LogP) is 8.35. The molecule has 1 N–H and O–H groups in total. The van der Waals surface area contributed by atoms with E-state index >= 15 is 0 Å². The van der Waals surface area contributed by atoms with Crippen LogP contribution in [0.4, 0.5) is 5.69 Å². The topological polar surface area (TPSA) is 66.8 Å². The highest BCUT2D eigenvalue weighted by atomic mass is 16.5. The number of Topliss-reactive ketones (excluding diaryl/α,β-unsaturated/α-hetero) is 1. The summed E-state index contributed by atoms with van der Waals surface area (Å²) in [6.07, 6.45) is 0. The lowest BCUT2D eigenvalue weighted by Gasteiger charge is -2.28. The van der Waals surface area contributed by atoms with E-state index in [1.165, 1.54) is 4.90 Å². The molecule has 1 atom stereocenters. The fourth-order valence-electron chi connectivity index (χ4n) is 5.43. The number of hydrogen-bond acceptors (Lipinski definition) is 4. The number of aliphatic hydroxyl groups is 1. The molecule has 0 aliphatic carbocycles. The SMILES string of the molecule is COc1cc(C)c(/C(O)=C2\C(=O)C(=O)N(c3ccc(C(C)(C)C)cc3)C2c2ccc(C(C)(C)C)cc2)cc1C(C)C. The van der Waals surface area contributed by atoms with Crippen molar-refractivity contribution in [2.24, 2.45) is 0 Å². The Morgan fingerprint density at radius 2 is 1.37 bits per heavy atom. The maximum Gasteiger partial charge on any atom is 0.300 e. The first-order valence-corrected chi connectivity index (χ1v) is 14.3. The zero-order valence-corrected chi connectivity index (χ0v) is 26.0. The number of amides is 1. The number of anilines is 1. The molecule has 0 spiro atoms. The van der Waals surface area contributed by atoms with Crippen LogP contribution >= 0.6 is 0 Å². The minimum Gasteiger partial charge on any atom is -0.507 e. The average molecular weight is 554 g/mol. The standard InChI is InChI=1S/C36H43NO4/c1-21(2)27-20-28(22(3)19-29(27)41-10)32(38)30-31(23-11-13-24(14-12-23)35(4,5)6)37(34(40)33(30)39)26-17-15-25(16-18-26)36(7,8)9/h11-21,31,38H,1-10H3/b32-30+. The van der Waals surface area contributed by atoms with Gasteiger partial charge in [0.1, 0.15) is 11.5 Å². The first-order valence-electron chi connectivity index (χ1n) is 14.3. The van der Waals surface area contributed by atoms with E-state index in [-0.39, 0.29) is 28.1 Å². The summed E-state index contributed by atoms with van der Waals surface area (Å²) in [5.74, 6) is -0.683. The third-order valence-electron chi connectivity index (χ3n) is 8.00. The number of benzene rings is 3. The zero-order chi connectivity index (χ0) is 30.4. The molecule has 216 valence electrons. The summed E-state index contributed by atoms with van der Waals surface area (Å²) >= 11 is 0. The van der Waals surface area contributed by atoms with Crippen molar-refractivity contribution in [1.82, 2.24) is 0 Å². The molecule has 3 aromatic carbocycles. The van der Waals surface area contributed by atoms with Crippen LogP contribution < -0.4 is 9.64 Å². The number of methoxy groups -OCH3 is 1. The molecule has 5 heteroatoms. The van der Waals surface area contributed by atoms with Gasteiger partial charge in [0.2, 0.25) is 0 Å². The number of hydrogen-bond donors (Lipinski definition) is 1. The number of ketones is 1. The Bertz CT molecular complexity index is 1500. The summed E-state index contributed by atoms with van der Waals surface area (Å²) in [6.45, 7) is 18.8. The molecule has 1 fully saturated rings. The first kappa shape index (κ1) is 30.1. The van der Waals surface area contributed by atoms with Gasteiger partial charge in [0.05, 0.1) is 18.7 Å². The lowest BCUT2D eigenvalue weighted by molar-refractivity contribution is -0.132. The Hall–Kier alpha value is -3.86. The van der Waals surface area contributed by atoms with Gasteiger partial charge in [-0.1, -0.05) is 91.8 Å². The van der Waals surface area contributed by atoms with Crippen LogP contribution in [0.1, 0.15) is 101 Å². The molecule has 0 saturated carbocycles. The summed E-state index contributed by atoms with van der Waals surface area (Å²) in [4.78, 5) is 29.0. The molecule has 0 aromatic heterocycles. The quantitative estimate of drug-likeness (QED) is 0.196. The third-order valence-corrected chi connectivity index (χ3v) is 8.00. The highest BCUT2D eigenvalue weighted by molar-refractivity contribution is 6.51. The van der Waals surface area contributed by atoms with Crippen LogP contribution in [0.3, 0.4) is 0 Å². The van der Waals surface area contributed by atoms with Crippen LogP contribution in [0, 0.1) is 6.92 Å². The minimum absolute atomic E-state index is 0.0589. The molecule has 1 heterocycles. The molecule has 41 heavy (non-hydrogen) atoms. The van der Waals surface area contributed by atoms with Crippen LogP contribution in [0.2, 0.25) is 0 Å². The van der Waals surface area contributed by atoms with Gasteiger partial charge in [0.25, 0.3) is 11.7 Å². The van der Waals surface area contributed by atoms with Crippen molar-refractivity contribution in [3.05, 3.63) is 99.6 Å². The number of nitrogens with zero attached hydrogens (tertiary/aromatic N) is 1. The van der Waals surface area contributed by atoms with E-state index in [4.69, 9.17) is 4.74 Å². The fraction of sp³-hybridized carbons (Fsp3) is 0.389. The number of carbonyl (C=O) groups is 2. The summed E-state index contributed by atoms with van der Waals surface area (Å²) in [7, 11) is 1.62. The van der Waals surface area contributed by atoms with Crippen LogP contribution in [0.5, 0.6) is 5.75 Å². The summed E-state index contributed by atoms with van der Waals surface area (Å²) in [5, 5.41) is 11.8. The molecule has 4 rings (SSSR count). The maximum atomic E-state index is 13.8. The Kier molecular flexibility index (Phi) is 7.97. The molecular formula is C36H43NO4. The number of ether oxygens (including phenoxy) is 1. The molecule has 1 aliphatic heterocycles. The number of rotatable bonds is 5. The molecule has 0 radical (unpaired) electrons. The molecule has 1 saturated heterocycles. The van der Waals surface area contributed by atoms with Gasteiger partial charge < -0.3 is 9.84 Å². The highest BCUT2D eigenvalue weighted by Gasteiger charge is 2.47. The normalized spacial score (nSPS) is 17.4. The van der Waals surface area contributed by atoms with Crippen molar-refractivity contribution < 1.29 is 19.4 Å². The van der Waals surface area contributed by atoms with Crippen LogP contribution in [0.15, 0.2) is 66.2 Å². The molecule has 0 bridgehead atoms. The first-order chi connectivity index (χ1) is 19.1. The van der Waals surface area contributed by atoms with Crippen LogP contribution in [0.25, 0.3) is 5.76 Å². The average Bonchev–Trinajstić information content (AvgIpc) is 3.17. The number of aliphatic hydroxyl groups excluding tert-OH is 1. The monoisotopic (exact) mass is 553 g/mol. The van der Waals surface area contributed by atoms with Gasteiger partial charge in [0.15, 0.2) is 0 Å². The molecular weight excluding hydrogens is 510 g/mol. The van der Waals surface area contributed by atoms with E-state index in [0.717, 1.165) is 33.6 Å². The van der Waals surface area contributed by atoms with Gasteiger partial charge in [-0.2, -0.15) is 0 Å². The fourth-order valence-corrected chi connectivity index (χ4v) is 5.43. The van der Waals surface area contributed by atoms with Gasteiger partial charge >= 0.3 is 0 Å².